The van der Waals surface area contributed by atoms with Crippen LogP contribution in [0.2, 0.25) is 10.0 Å². The third-order valence-electron chi connectivity index (χ3n) is 8.02. The minimum absolute atomic E-state index is 0. The molecule has 1 heterocycles. The molecule has 3 aromatic rings. The Morgan fingerprint density at radius 3 is 2.15 bits per heavy atom. The monoisotopic (exact) mass is 618 g/mol. The Labute approximate surface area is 261 Å². The van der Waals surface area contributed by atoms with Crippen molar-refractivity contribution in [3.63, 3.8) is 0 Å². The summed E-state index contributed by atoms with van der Waals surface area (Å²) in [7, 11) is 5.22. The molecule has 3 aromatic carbocycles. The number of piperidine rings is 1. The second kappa shape index (κ2) is 15.6. The van der Waals surface area contributed by atoms with E-state index >= 15 is 0 Å². The standard InChI is InChI=1S/C33H40Cl2N2O3.ClH/c1-5-26(27-11-12-28(34)29(35)21-27)22-36(2)32(38)20-25-18-30(39-3)33(31(19-25)40-4)37-15-13-24(14-16-37)17-23-9-7-6-8-10-23;/h6-12,18-19,21,24,26H,5,13-17,20,22H2,1-4H3;1H. The highest BCUT2D eigenvalue weighted by Gasteiger charge is 2.26. The largest absolute Gasteiger partial charge is 0.494 e. The fourth-order valence-corrected chi connectivity index (χ4v) is 5.95. The van der Waals surface area contributed by atoms with Gasteiger partial charge in [0.1, 0.15) is 17.2 Å². The van der Waals surface area contributed by atoms with E-state index in [1.54, 1.807) is 19.1 Å². The second-order valence-electron chi connectivity index (χ2n) is 10.7. The molecule has 0 N–H and O–H groups in total. The zero-order chi connectivity index (χ0) is 28.6. The summed E-state index contributed by atoms with van der Waals surface area (Å²) >= 11 is 12.3. The summed E-state index contributed by atoms with van der Waals surface area (Å²) in [6, 6.07) is 20.4. The number of nitrogens with zero attached hydrogens (tertiary/aromatic N) is 2. The minimum Gasteiger partial charge on any atom is -0.494 e. The average molecular weight is 620 g/mol. The Morgan fingerprint density at radius 1 is 0.951 bits per heavy atom. The van der Waals surface area contributed by atoms with Crippen molar-refractivity contribution in [3.05, 3.63) is 87.4 Å². The number of likely N-dealkylation sites (N-methyl/N-ethyl adjacent to an activating group) is 1. The molecule has 1 fully saturated rings. The van der Waals surface area contributed by atoms with Crippen LogP contribution in [0.15, 0.2) is 60.7 Å². The number of carbonyl (C=O) groups is 1. The first-order chi connectivity index (χ1) is 19.3. The molecule has 0 aliphatic carbocycles. The summed E-state index contributed by atoms with van der Waals surface area (Å²) in [5, 5.41) is 1.07. The van der Waals surface area contributed by atoms with E-state index in [0.29, 0.717) is 22.5 Å². The molecule has 0 bridgehead atoms. The van der Waals surface area contributed by atoms with Crippen LogP contribution in [0.25, 0.3) is 0 Å². The number of benzene rings is 3. The van der Waals surface area contributed by atoms with Crippen LogP contribution in [0.4, 0.5) is 5.69 Å². The van der Waals surface area contributed by atoms with Gasteiger partial charge < -0.3 is 19.3 Å². The summed E-state index contributed by atoms with van der Waals surface area (Å²) in [5.74, 6) is 2.36. The van der Waals surface area contributed by atoms with E-state index in [0.717, 1.165) is 67.1 Å². The molecule has 0 spiro atoms. The van der Waals surface area contributed by atoms with Gasteiger partial charge in [0.05, 0.1) is 30.7 Å². The molecule has 1 aliphatic rings. The fraction of sp³-hybridized carbons (Fsp3) is 0.424. The minimum atomic E-state index is 0. The van der Waals surface area contributed by atoms with E-state index in [1.165, 1.54) is 5.56 Å². The molecular weight excluding hydrogens is 579 g/mol. The Bertz CT molecular complexity index is 1250. The Hall–Kier alpha value is -2.60. The van der Waals surface area contributed by atoms with E-state index in [9.17, 15) is 4.79 Å². The molecule has 0 radical (unpaired) electrons. The quantitative estimate of drug-likeness (QED) is 0.218. The van der Waals surface area contributed by atoms with Gasteiger partial charge in [0.15, 0.2) is 0 Å². The van der Waals surface area contributed by atoms with Crippen molar-refractivity contribution in [1.29, 1.82) is 0 Å². The van der Waals surface area contributed by atoms with E-state index < -0.39 is 0 Å². The first kappa shape index (κ1) is 32.9. The van der Waals surface area contributed by atoms with Crippen LogP contribution in [0, 0.1) is 5.92 Å². The number of anilines is 1. The van der Waals surface area contributed by atoms with Crippen LogP contribution in [0.3, 0.4) is 0 Å². The highest BCUT2D eigenvalue weighted by atomic mass is 35.5. The van der Waals surface area contributed by atoms with Gasteiger partial charge in [-0.3, -0.25) is 4.79 Å². The SMILES string of the molecule is CCC(CN(C)C(=O)Cc1cc(OC)c(N2CCC(Cc3ccccc3)CC2)c(OC)c1)c1ccc(Cl)c(Cl)c1.Cl. The summed E-state index contributed by atoms with van der Waals surface area (Å²) in [4.78, 5) is 17.4. The van der Waals surface area contributed by atoms with Crippen LogP contribution in [0.1, 0.15) is 48.8 Å². The van der Waals surface area contributed by atoms with E-state index in [1.807, 2.05) is 37.4 Å². The predicted molar refractivity (Wildman–Crippen MR) is 173 cm³/mol. The topological polar surface area (TPSA) is 42.0 Å². The van der Waals surface area contributed by atoms with Crippen LogP contribution in [-0.4, -0.2) is 51.7 Å². The molecule has 1 amide bonds. The summed E-state index contributed by atoms with van der Waals surface area (Å²) in [6.07, 6.45) is 4.49. The van der Waals surface area contributed by atoms with Crippen molar-refractivity contribution in [2.45, 2.75) is 44.9 Å². The number of carbonyl (C=O) groups excluding carboxylic acids is 1. The zero-order valence-corrected chi connectivity index (χ0v) is 26.7. The van der Waals surface area contributed by atoms with E-state index in [-0.39, 0.29) is 30.7 Å². The Kier molecular flexibility index (Phi) is 12.5. The first-order valence-corrected chi connectivity index (χ1v) is 14.8. The third-order valence-corrected chi connectivity index (χ3v) is 8.76. The predicted octanol–water partition coefficient (Wildman–Crippen LogP) is 8.09. The molecule has 5 nitrogen and oxygen atoms in total. The smallest absolute Gasteiger partial charge is 0.226 e. The van der Waals surface area contributed by atoms with Crippen LogP contribution >= 0.6 is 35.6 Å². The Balaban J connectivity index is 0.00000462. The van der Waals surface area contributed by atoms with Gasteiger partial charge in [0.25, 0.3) is 0 Å². The molecule has 1 aliphatic heterocycles. The normalized spacial score (nSPS) is 14.2. The number of hydrogen-bond acceptors (Lipinski definition) is 4. The molecule has 8 heteroatoms. The van der Waals surface area contributed by atoms with Gasteiger partial charge in [0.2, 0.25) is 5.91 Å². The maximum atomic E-state index is 13.3. The van der Waals surface area contributed by atoms with Crippen LogP contribution < -0.4 is 14.4 Å². The molecular formula is C33H41Cl3N2O3. The summed E-state index contributed by atoms with van der Waals surface area (Å²) < 4.78 is 11.7. The summed E-state index contributed by atoms with van der Waals surface area (Å²) in [5.41, 5.74) is 4.32. The van der Waals surface area contributed by atoms with Crippen molar-refractivity contribution in [2.75, 3.05) is 45.8 Å². The molecule has 41 heavy (non-hydrogen) atoms. The van der Waals surface area contributed by atoms with Crippen molar-refractivity contribution in [2.24, 2.45) is 5.92 Å². The maximum absolute atomic E-state index is 13.3. The van der Waals surface area contributed by atoms with Gasteiger partial charge in [-0.2, -0.15) is 0 Å². The van der Waals surface area contributed by atoms with Crippen molar-refractivity contribution < 1.29 is 14.3 Å². The van der Waals surface area contributed by atoms with Gasteiger partial charge in [-0.25, -0.2) is 0 Å². The Morgan fingerprint density at radius 2 is 1.59 bits per heavy atom. The lowest BCUT2D eigenvalue weighted by Gasteiger charge is -2.35. The number of methoxy groups -OCH3 is 2. The molecule has 4 rings (SSSR count). The first-order valence-electron chi connectivity index (χ1n) is 14.1. The summed E-state index contributed by atoms with van der Waals surface area (Å²) in [6.45, 7) is 4.60. The maximum Gasteiger partial charge on any atom is 0.226 e. The van der Waals surface area contributed by atoms with E-state index in [2.05, 4.69) is 42.2 Å². The van der Waals surface area contributed by atoms with Gasteiger partial charge in [0, 0.05) is 32.6 Å². The highest BCUT2D eigenvalue weighted by Crippen LogP contribution is 2.41. The van der Waals surface area contributed by atoms with Gasteiger partial charge in [-0.15, -0.1) is 12.4 Å². The number of rotatable bonds is 11. The number of ether oxygens (including phenoxy) is 2. The molecule has 0 aromatic heterocycles. The number of halogens is 3. The lowest BCUT2D eigenvalue weighted by atomic mass is 9.90. The number of amides is 1. The molecule has 1 saturated heterocycles. The molecule has 1 unspecified atom stereocenters. The molecule has 222 valence electrons. The van der Waals surface area contributed by atoms with Crippen LogP contribution in [-0.2, 0) is 17.6 Å². The highest BCUT2D eigenvalue weighted by molar-refractivity contribution is 6.42. The molecule has 1 atom stereocenters. The third kappa shape index (κ3) is 8.47. The fourth-order valence-electron chi connectivity index (χ4n) is 5.65. The average Bonchev–Trinajstić information content (AvgIpc) is 2.97. The lowest BCUT2D eigenvalue weighted by Crippen LogP contribution is -2.35. The van der Waals surface area contributed by atoms with Gasteiger partial charge in [-0.1, -0.05) is 66.5 Å². The number of hydrogen-bond donors (Lipinski definition) is 0. The van der Waals surface area contributed by atoms with Gasteiger partial charge in [-0.05, 0) is 72.6 Å². The zero-order valence-electron chi connectivity index (χ0n) is 24.4. The van der Waals surface area contributed by atoms with Gasteiger partial charge >= 0.3 is 0 Å². The van der Waals surface area contributed by atoms with Crippen LogP contribution in [0.5, 0.6) is 11.5 Å². The molecule has 0 saturated carbocycles. The lowest BCUT2D eigenvalue weighted by molar-refractivity contribution is -0.129. The van der Waals surface area contributed by atoms with Crippen molar-refractivity contribution in [1.82, 2.24) is 4.90 Å². The second-order valence-corrected chi connectivity index (χ2v) is 11.5. The van der Waals surface area contributed by atoms with Crippen molar-refractivity contribution in [3.8, 4) is 11.5 Å². The van der Waals surface area contributed by atoms with Crippen molar-refractivity contribution >= 4 is 47.2 Å². The van der Waals surface area contributed by atoms with E-state index in [4.69, 9.17) is 32.7 Å².